The Morgan fingerprint density at radius 2 is 1.37 bits per heavy atom. The minimum absolute atomic E-state index is 0.0293. The molecule has 3 heterocycles. The van der Waals surface area contributed by atoms with E-state index < -0.39 is 227 Å². The number of esters is 1. The van der Waals surface area contributed by atoms with Crippen LogP contribution in [0.2, 0.25) is 0 Å². The van der Waals surface area contributed by atoms with Gasteiger partial charge < -0.3 is 105 Å². The lowest BCUT2D eigenvalue weighted by Gasteiger charge is -2.48. The molecule has 9 rings (SSSR count). The first-order chi connectivity index (χ1) is 49.7. The van der Waals surface area contributed by atoms with Crippen molar-refractivity contribution in [2.75, 3.05) is 56.8 Å². The number of ether oxygens (including phenoxy) is 8. The predicted molar refractivity (Wildman–Crippen MR) is 355 cm³/mol. The van der Waals surface area contributed by atoms with Crippen LogP contribution in [0.1, 0.15) is 77.8 Å². The number of aromatic nitrogens is 2. The van der Waals surface area contributed by atoms with Crippen molar-refractivity contribution < 1.29 is 146 Å². The van der Waals surface area contributed by atoms with E-state index in [-0.39, 0.29) is 62.1 Å². The van der Waals surface area contributed by atoms with Crippen molar-refractivity contribution in [2.24, 2.45) is 11.8 Å². The van der Waals surface area contributed by atoms with Gasteiger partial charge in [0.2, 0.25) is 29.9 Å². The summed E-state index contributed by atoms with van der Waals surface area (Å²) >= 11 is 0. The third-order valence-electron chi connectivity index (χ3n) is 17.3. The number of fused-ring (bicyclic) bond motifs is 1. The van der Waals surface area contributed by atoms with Crippen LogP contribution in [0.4, 0.5) is 11.4 Å². The lowest BCUT2D eigenvalue weighted by Crippen LogP contribution is -2.65. The molecule has 4 amide bonds. The second kappa shape index (κ2) is 35.5. The molecule has 1 saturated heterocycles. The second-order valence-corrected chi connectivity index (χ2v) is 29.0. The Kier molecular flexibility index (Phi) is 27.1. The molecule has 1 aromatic heterocycles. The van der Waals surface area contributed by atoms with Gasteiger partial charge >= 0.3 is 17.9 Å². The Labute approximate surface area is 598 Å². The van der Waals surface area contributed by atoms with Gasteiger partial charge in [-0.1, -0.05) is 62.4 Å². The average Bonchev–Trinajstić information content (AvgIpc) is 0.755. The topological polar surface area (TPSA) is 587 Å². The molecule has 16 N–H and O–H groups in total. The van der Waals surface area contributed by atoms with Crippen molar-refractivity contribution in [2.45, 2.75) is 146 Å². The fraction of sp³-hybridized carbons (Fsp3) is 0.469. The first-order valence-electron chi connectivity index (χ1n) is 32.5. The number of hydrogen-bond acceptors (Lipinski definition) is 30. The van der Waals surface area contributed by atoms with Crippen LogP contribution in [-0.2, 0) is 94.0 Å². The summed E-state index contributed by atoms with van der Waals surface area (Å²) in [6.07, 6.45) is -16.6. The Morgan fingerprint density at radius 3 is 2.03 bits per heavy atom. The molecule has 0 radical (unpaired) electrons. The number of aliphatic hydroxyl groups excluding tert-OH is 5. The first kappa shape index (κ1) is 80.2. The average molecular weight is 1540 g/mol. The van der Waals surface area contributed by atoms with E-state index in [0.29, 0.717) is 30.7 Å². The zero-order valence-corrected chi connectivity index (χ0v) is 57.7. The summed E-state index contributed by atoms with van der Waals surface area (Å²) in [5.41, 5.74) is -0.392. The summed E-state index contributed by atoms with van der Waals surface area (Å²) in [5.74, 6) is -8.78. The Bertz CT molecular complexity index is 4320. The molecular weight excluding hydrogens is 1460 g/mol. The summed E-state index contributed by atoms with van der Waals surface area (Å²) in [6, 6.07) is 14.3. The summed E-state index contributed by atoms with van der Waals surface area (Å²) < 4.78 is 150. The van der Waals surface area contributed by atoms with Crippen molar-refractivity contribution in [3.8, 4) is 11.9 Å². The molecule has 38 nitrogen and oxygen atoms in total. The highest BCUT2D eigenvalue weighted by molar-refractivity contribution is 7.87. The van der Waals surface area contributed by atoms with Crippen molar-refractivity contribution in [1.82, 2.24) is 25.9 Å². The number of nitrogens with zero attached hydrogens (tertiary/aromatic N) is 2. The van der Waals surface area contributed by atoms with Gasteiger partial charge in [-0.05, 0) is 84.7 Å². The second-order valence-electron chi connectivity index (χ2n) is 24.8. The van der Waals surface area contributed by atoms with Crippen molar-refractivity contribution in [3.63, 3.8) is 0 Å². The van der Waals surface area contributed by atoms with Crippen molar-refractivity contribution in [1.29, 1.82) is 0 Å². The van der Waals surface area contributed by atoms with Gasteiger partial charge in [-0.15, -0.1) is 0 Å². The lowest BCUT2D eigenvalue weighted by molar-refractivity contribution is -0.336. The third-order valence-corrected chi connectivity index (χ3v) is 19.8. The van der Waals surface area contributed by atoms with Gasteiger partial charge in [0.25, 0.3) is 36.3 Å². The molecule has 5 aromatic rings. The molecule has 41 heteroatoms. The van der Waals surface area contributed by atoms with Crippen LogP contribution in [0.5, 0.6) is 11.9 Å². The van der Waals surface area contributed by atoms with Gasteiger partial charge in [0.1, 0.15) is 66.7 Å². The largest absolute Gasteiger partial charge is 0.506 e. The molecule has 4 aliphatic rings. The van der Waals surface area contributed by atoms with Crippen molar-refractivity contribution in [3.05, 3.63) is 114 Å². The van der Waals surface area contributed by atoms with E-state index >= 15 is 0 Å². The number of carboxylic acids is 1. The number of carbonyl (C=O) groups excluding carboxylic acids is 5. The van der Waals surface area contributed by atoms with E-state index in [4.69, 9.17) is 37.9 Å². The highest BCUT2D eigenvalue weighted by Crippen LogP contribution is 2.40. The minimum Gasteiger partial charge on any atom is -0.506 e. The maximum Gasteiger partial charge on any atom is 0.338 e. The Morgan fingerprint density at radius 1 is 0.695 bits per heavy atom. The maximum absolute atomic E-state index is 14.4. The maximum atomic E-state index is 14.4. The minimum atomic E-state index is -5.24. The van der Waals surface area contributed by atoms with Crippen LogP contribution in [0.25, 0.3) is 10.8 Å². The van der Waals surface area contributed by atoms with E-state index in [2.05, 4.69) is 36.6 Å². The van der Waals surface area contributed by atoms with E-state index in [9.17, 15) is 109 Å². The molecular formula is C64H77N7O31S3. The van der Waals surface area contributed by atoms with Gasteiger partial charge in [-0.3, -0.25) is 32.8 Å². The molecule has 0 bridgehead atoms. The number of carbonyl (C=O) groups is 6. The van der Waals surface area contributed by atoms with Crippen LogP contribution < -0.4 is 26.6 Å². The number of aliphatic hydroxyl groups is 5. The number of nitrogens with one attached hydrogen (secondary N) is 5. The molecule has 4 aromatic carbocycles. The Hall–Kier alpha value is -8.89. The fourth-order valence-electron chi connectivity index (χ4n) is 12.3. The van der Waals surface area contributed by atoms with Gasteiger partial charge in [0.15, 0.2) is 24.3 Å². The third kappa shape index (κ3) is 21.7. The van der Waals surface area contributed by atoms with E-state index in [0.717, 1.165) is 43.5 Å². The van der Waals surface area contributed by atoms with Crippen molar-refractivity contribution >= 4 is 88.1 Å². The molecule has 2 saturated carbocycles. The summed E-state index contributed by atoms with van der Waals surface area (Å²) in [4.78, 5) is 85.5. The molecule has 105 heavy (non-hydrogen) atoms. The van der Waals surface area contributed by atoms with Gasteiger partial charge in [0, 0.05) is 48.4 Å². The van der Waals surface area contributed by atoms with Crippen LogP contribution in [-0.4, -0.2) is 245 Å². The van der Waals surface area contributed by atoms with Crippen LogP contribution >= 0.6 is 0 Å². The number of aromatic hydroxyl groups is 2. The lowest BCUT2D eigenvalue weighted by atomic mass is 9.80. The summed E-state index contributed by atoms with van der Waals surface area (Å²) in [5, 5.41) is 97.9. The molecule has 2 aliphatic carbocycles. The predicted octanol–water partition coefficient (Wildman–Crippen LogP) is 0.166. The summed E-state index contributed by atoms with van der Waals surface area (Å²) in [7, 11) is -15.4. The molecule has 12 unspecified atom stereocenters. The first-order valence-corrected chi connectivity index (χ1v) is 36.8. The smallest absolute Gasteiger partial charge is 0.338 e. The molecule has 572 valence electrons. The number of rotatable bonds is 32. The summed E-state index contributed by atoms with van der Waals surface area (Å²) in [6.45, 7) is -3.15. The number of anilines is 2. The number of hydrogen-bond donors (Lipinski definition) is 16. The highest BCUT2D eigenvalue weighted by Gasteiger charge is 2.54. The van der Waals surface area contributed by atoms with E-state index in [1.807, 2.05) is 0 Å². The Balaban J connectivity index is 0.839. The van der Waals surface area contributed by atoms with Crippen LogP contribution in [0.3, 0.4) is 0 Å². The molecule has 3 fully saturated rings. The number of aliphatic carboxylic acids is 1. The molecule has 13 atom stereocenters. The number of benzene rings is 4. The van der Waals surface area contributed by atoms with Crippen LogP contribution in [0.15, 0.2) is 112 Å². The monoisotopic (exact) mass is 1540 g/mol. The highest BCUT2D eigenvalue weighted by atomic mass is 32.2. The standard InChI is InChI=1S/C64H77N7O31S3/c72-28-46-53(78)56(98-45(60(82)83)19-32-8-3-1-4-9-32)57(101-61(84)34-11-5-2-6-12-34)63(100-46)99-44-23-36(22-41(69-59(81)42-26-48(74)71-64(85)70-42)55(44)102-62-54(79)52(77)43(73)29-97-62)58(80)66-15-14-65-49(75)30-95-16-17-96-31-50(76)68-37-13-7-10-33(18-37)27-67-40-24-38(103(86,87)88)20-35-21-39(104(89,90)91)25-47(51(35)40)105(92,93)94/h2,5-7,10-13,18,20-21,24-26,29,32,36,41,44-46,52-57,62-63,67,72-73,77-79H,1,3-4,8-9,14-17,19,22-23,27-28,30-31H2,(H,65,75)(H,66,80)(H,68,76)(H,69,81)(H,82,83)(H,86,87,88)(H,89,90,91)(H,92,93,94)(H2,70,71,74,85)/t36?,41?,44?,45-,46?,52?,53?,54?,55?,56?,57?,62?,63?/m0/s1. The number of carboxylic acid groups (broad SMARTS) is 1. The normalized spacial score (nSPS) is 24.1. The fourth-order valence-corrected chi connectivity index (χ4v) is 14.2. The van der Waals surface area contributed by atoms with Gasteiger partial charge in [0.05, 0.1) is 47.3 Å². The van der Waals surface area contributed by atoms with Crippen LogP contribution in [0, 0.1) is 11.8 Å². The zero-order valence-electron chi connectivity index (χ0n) is 55.3. The van der Waals surface area contributed by atoms with Gasteiger partial charge in [-0.2, -0.15) is 35.2 Å². The molecule has 2 aliphatic heterocycles. The van der Waals surface area contributed by atoms with E-state index in [1.165, 1.54) is 42.5 Å². The number of amides is 4. The van der Waals surface area contributed by atoms with E-state index in [1.54, 1.807) is 12.1 Å². The van der Waals surface area contributed by atoms with Gasteiger partial charge in [-0.25, -0.2) is 9.59 Å². The zero-order chi connectivity index (χ0) is 76.1. The quantitative estimate of drug-likeness (QED) is 0.0155. The molecule has 0 spiro atoms. The SMILES string of the molecule is O=C(COCCOCC(=O)Nc1cccc(CNc2cc(S(=O)(=O)O)cc3cc(S(=O)(=O)O)cc(S(=O)(=O)O)c23)c1)NCCNC(=O)C1CC(NC(=O)c2cc(O)nc(O)n2)C(OC2OC=C(O)C(O)C2O)C(OC2OC(CO)C(O)C(O[C@@H](CC3CCCCC3)C(=O)O)C2OC(=O)c2ccccc2)C1.